The molecule has 1 aromatic heterocycles. The molecule has 0 spiro atoms. The molecule has 0 amide bonds. The van der Waals surface area contributed by atoms with Crippen LogP contribution in [0.3, 0.4) is 0 Å². The summed E-state index contributed by atoms with van der Waals surface area (Å²) in [6, 6.07) is 0. The van der Waals surface area contributed by atoms with Gasteiger partial charge in [-0.15, -0.1) is 0 Å². The first-order chi connectivity index (χ1) is 8.05. The molecule has 4 heteroatoms. The zero-order valence-electron chi connectivity index (χ0n) is 11.5. The summed E-state index contributed by atoms with van der Waals surface area (Å²) in [5.41, 5.74) is 2.96. The van der Waals surface area contributed by atoms with Gasteiger partial charge in [-0.3, -0.25) is 4.68 Å². The molecular formula is C13H24N4. The molecule has 1 heterocycles. The van der Waals surface area contributed by atoms with E-state index in [1.807, 2.05) is 17.9 Å². The van der Waals surface area contributed by atoms with Gasteiger partial charge in [0.1, 0.15) is 0 Å². The SMILES string of the molecule is Cc1c(CNCC2(N(C)C)CCC2)cnn1C. The lowest BCUT2D eigenvalue weighted by Gasteiger charge is -2.47. The lowest BCUT2D eigenvalue weighted by molar-refractivity contribution is 0.0598. The van der Waals surface area contributed by atoms with E-state index in [4.69, 9.17) is 0 Å². The number of likely N-dealkylation sites (N-methyl/N-ethyl adjacent to an activating group) is 1. The van der Waals surface area contributed by atoms with Crippen LogP contribution >= 0.6 is 0 Å². The molecule has 17 heavy (non-hydrogen) atoms. The minimum absolute atomic E-state index is 0.399. The summed E-state index contributed by atoms with van der Waals surface area (Å²) in [7, 11) is 6.37. The van der Waals surface area contributed by atoms with Gasteiger partial charge in [0.15, 0.2) is 0 Å². The molecule has 1 aliphatic rings. The van der Waals surface area contributed by atoms with E-state index in [1.54, 1.807) is 0 Å². The number of aryl methyl sites for hydroxylation is 1. The summed E-state index contributed by atoms with van der Waals surface area (Å²) in [6.07, 6.45) is 5.97. The van der Waals surface area contributed by atoms with Crippen molar-refractivity contribution < 1.29 is 0 Å². The van der Waals surface area contributed by atoms with E-state index in [9.17, 15) is 0 Å². The Morgan fingerprint density at radius 2 is 2.18 bits per heavy atom. The zero-order chi connectivity index (χ0) is 12.5. The van der Waals surface area contributed by atoms with Crippen LogP contribution in [0.2, 0.25) is 0 Å². The van der Waals surface area contributed by atoms with Crippen molar-refractivity contribution in [3.8, 4) is 0 Å². The smallest absolute Gasteiger partial charge is 0.0537 e. The van der Waals surface area contributed by atoms with Crippen molar-refractivity contribution in [3.05, 3.63) is 17.5 Å². The van der Waals surface area contributed by atoms with E-state index < -0.39 is 0 Å². The second-order valence-corrected chi connectivity index (χ2v) is 5.45. The predicted octanol–water partition coefficient (Wildman–Crippen LogP) is 1.30. The first kappa shape index (κ1) is 12.6. The Balaban J connectivity index is 1.85. The Morgan fingerprint density at radius 1 is 1.47 bits per heavy atom. The summed E-state index contributed by atoms with van der Waals surface area (Å²) in [6.45, 7) is 4.12. The fourth-order valence-electron chi connectivity index (χ4n) is 2.51. The predicted molar refractivity (Wildman–Crippen MR) is 69.9 cm³/mol. The molecular weight excluding hydrogens is 212 g/mol. The molecule has 1 fully saturated rings. The Labute approximate surface area is 104 Å². The van der Waals surface area contributed by atoms with Gasteiger partial charge < -0.3 is 10.2 Å². The van der Waals surface area contributed by atoms with Crippen LogP contribution in [-0.4, -0.2) is 40.9 Å². The van der Waals surface area contributed by atoms with E-state index in [0.29, 0.717) is 5.54 Å². The molecule has 0 radical (unpaired) electrons. The first-order valence-electron chi connectivity index (χ1n) is 6.41. The average Bonchev–Trinajstić information content (AvgIpc) is 2.52. The van der Waals surface area contributed by atoms with E-state index in [-0.39, 0.29) is 0 Å². The lowest BCUT2D eigenvalue weighted by Crippen LogP contribution is -2.56. The topological polar surface area (TPSA) is 33.1 Å². The summed E-state index contributed by atoms with van der Waals surface area (Å²) in [5.74, 6) is 0. The molecule has 0 aromatic carbocycles. The third-order valence-electron chi connectivity index (χ3n) is 4.34. The van der Waals surface area contributed by atoms with Crippen LogP contribution in [-0.2, 0) is 13.6 Å². The van der Waals surface area contributed by atoms with Crippen molar-refractivity contribution >= 4 is 0 Å². The maximum absolute atomic E-state index is 4.27. The number of nitrogens with zero attached hydrogens (tertiary/aromatic N) is 3. The highest BCUT2D eigenvalue weighted by Gasteiger charge is 2.38. The summed E-state index contributed by atoms with van der Waals surface area (Å²) >= 11 is 0. The van der Waals surface area contributed by atoms with Crippen molar-refractivity contribution in [2.45, 2.75) is 38.3 Å². The first-order valence-corrected chi connectivity index (χ1v) is 6.41. The molecule has 96 valence electrons. The van der Waals surface area contributed by atoms with Gasteiger partial charge in [0.2, 0.25) is 0 Å². The summed E-state index contributed by atoms with van der Waals surface area (Å²) in [5, 5.41) is 7.85. The Bertz CT molecular complexity index is 377. The molecule has 0 unspecified atom stereocenters. The maximum atomic E-state index is 4.27. The normalized spacial score (nSPS) is 18.4. The van der Waals surface area contributed by atoms with Crippen molar-refractivity contribution in [3.63, 3.8) is 0 Å². The van der Waals surface area contributed by atoms with Crippen LogP contribution in [0.5, 0.6) is 0 Å². The molecule has 1 aliphatic carbocycles. The van der Waals surface area contributed by atoms with Gasteiger partial charge >= 0.3 is 0 Å². The number of hydrogen-bond donors (Lipinski definition) is 1. The van der Waals surface area contributed by atoms with Gasteiger partial charge in [-0.25, -0.2) is 0 Å². The quantitative estimate of drug-likeness (QED) is 0.836. The van der Waals surface area contributed by atoms with Crippen molar-refractivity contribution in [1.29, 1.82) is 0 Å². The number of aromatic nitrogens is 2. The van der Waals surface area contributed by atoms with Crippen molar-refractivity contribution in [2.24, 2.45) is 7.05 Å². The molecule has 4 nitrogen and oxygen atoms in total. The Morgan fingerprint density at radius 3 is 2.59 bits per heavy atom. The van der Waals surface area contributed by atoms with Gasteiger partial charge in [-0.1, -0.05) is 0 Å². The highest BCUT2D eigenvalue weighted by Crippen LogP contribution is 2.35. The largest absolute Gasteiger partial charge is 0.311 e. The van der Waals surface area contributed by atoms with Gasteiger partial charge in [-0.2, -0.15) is 5.10 Å². The molecule has 0 atom stereocenters. The minimum atomic E-state index is 0.399. The van der Waals surface area contributed by atoms with Crippen LogP contribution in [0.25, 0.3) is 0 Å². The Kier molecular flexibility index (Phi) is 3.54. The van der Waals surface area contributed by atoms with Gasteiger partial charge in [0.25, 0.3) is 0 Å². The monoisotopic (exact) mass is 236 g/mol. The molecule has 0 bridgehead atoms. The van der Waals surface area contributed by atoms with E-state index in [1.165, 1.54) is 30.5 Å². The van der Waals surface area contributed by atoms with Gasteiger partial charge in [-0.05, 0) is 40.3 Å². The minimum Gasteiger partial charge on any atom is -0.311 e. The van der Waals surface area contributed by atoms with Gasteiger partial charge in [0, 0.05) is 36.9 Å². The highest BCUT2D eigenvalue weighted by atomic mass is 15.3. The third-order valence-corrected chi connectivity index (χ3v) is 4.34. The summed E-state index contributed by atoms with van der Waals surface area (Å²) in [4.78, 5) is 2.37. The molecule has 1 saturated carbocycles. The third kappa shape index (κ3) is 2.38. The number of hydrogen-bond acceptors (Lipinski definition) is 3. The van der Waals surface area contributed by atoms with E-state index >= 15 is 0 Å². The van der Waals surface area contributed by atoms with Crippen molar-refractivity contribution in [2.75, 3.05) is 20.6 Å². The fourth-order valence-corrected chi connectivity index (χ4v) is 2.51. The van der Waals surface area contributed by atoms with Gasteiger partial charge in [0.05, 0.1) is 6.20 Å². The second-order valence-electron chi connectivity index (χ2n) is 5.45. The lowest BCUT2D eigenvalue weighted by atomic mass is 9.75. The number of rotatable bonds is 5. The summed E-state index contributed by atoms with van der Waals surface area (Å²) < 4.78 is 1.93. The molecule has 1 aromatic rings. The Hall–Kier alpha value is -0.870. The molecule has 0 saturated heterocycles. The van der Waals surface area contributed by atoms with Crippen LogP contribution in [0.15, 0.2) is 6.20 Å². The second kappa shape index (κ2) is 4.78. The number of nitrogens with one attached hydrogen (secondary N) is 1. The van der Waals surface area contributed by atoms with Crippen molar-refractivity contribution in [1.82, 2.24) is 20.0 Å². The molecule has 2 rings (SSSR count). The maximum Gasteiger partial charge on any atom is 0.0537 e. The molecule has 0 aliphatic heterocycles. The van der Waals surface area contributed by atoms with Crippen LogP contribution < -0.4 is 5.32 Å². The van der Waals surface area contributed by atoms with Crippen LogP contribution in [0.4, 0.5) is 0 Å². The standard InChI is InChI=1S/C13H24N4/c1-11-12(9-15-17(11)4)8-14-10-13(16(2)3)6-5-7-13/h9,14H,5-8,10H2,1-4H3. The van der Waals surface area contributed by atoms with Crippen LogP contribution in [0, 0.1) is 6.92 Å². The highest BCUT2D eigenvalue weighted by molar-refractivity contribution is 5.15. The van der Waals surface area contributed by atoms with E-state index in [0.717, 1.165) is 13.1 Å². The van der Waals surface area contributed by atoms with E-state index in [2.05, 4.69) is 36.3 Å². The fraction of sp³-hybridized carbons (Fsp3) is 0.769. The van der Waals surface area contributed by atoms with Crippen LogP contribution in [0.1, 0.15) is 30.5 Å². The molecule has 1 N–H and O–H groups in total. The zero-order valence-corrected chi connectivity index (χ0v) is 11.5. The average molecular weight is 236 g/mol.